The highest BCUT2D eigenvalue weighted by atomic mass is 16.2. The Labute approximate surface area is 146 Å². The Kier molecular flexibility index (Phi) is 6.71. The number of carbonyl (C=O) groups excluding carboxylic acids is 1. The van der Waals surface area contributed by atoms with Crippen molar-refractivity contribution in [3.05, 3.63) is 68.5 Å². The Bertz CT molecular complexity index is 821. The van der Waals surface area contributed by atoms with Crippen LogP contribution < -0.4 is 16.6 Å². The van der Waals surface area contributed by atoms with E-state index >= 15 is 0 Å². The van der Waals surface area contributed by atoms with Gasteiger partial charge < -0.3 is 5.32 Å². The van der Waals surface area contributed by atoms with E-state index in [4.69, 9.17) is 0 Å². The van der Waals surface area contributed by atoms with Crippen molar-refractivity contribution in [2.45, 2.75) is 33.5 Å². The quantitative estimate of drug-likeness (QED) is 0.738. The van der Waals surface area contributed by atoms with Gasteiger partial charge >= 0.3 is 5.69 Å². The molecule has 0 saturated carbocycles. The van der Waals surface area contributed by atoms with E-state index in [9.17, 15) is 14.4 Å². The molecule has 0 unspecified atom stereocenters. The molecule has 2 N–H and O–H groups in total. The van der Waals surface area contributed by atoms with Crippen molar-refractivity contribution >= 4 is 5.91 Å². The smallest absolute Gasteiger partial charge is 0.328 e. The Morgan fingerprint density at radius 3 is 2.44 bits per heavy atom. The number of rotatable bonds is 8. The molecular formula is C18H24N4O3. The summed E-state index contributed by atoms with van der Waals surface area (Å²) in [7, 11) is 0. The van der Waals surface area contributed by atoms with E-state index in [0.29, 0.717) is 6.54 Å². The van der Waals surface area contributed by atoms with Crippen LogP contribution in [-0.2, 0) is 24.4 Å². The van der Waals surface area contributed by atoms with Crippen molar-refractivity contribution in [2.24, 2.45) is 0 Å². The van der Waals surface area contributed by atoms with Crippen molar-refractivity contribution in [3.63, 3.8) is 0 Å². The number of nitrogens with one attached hydrogen (secondary N) is 2. The summed E-state index contributed by atoms with van der Waals surface area (Å²) in [5.74, 6) is -0.285. The number of hydrogen-bond donors (Lipinski definition) is 2. The Morgan fingerprint density at radius 1 is 1.12 bits per heavy atom. The maximum absolute atomic E-state index is 12.1. The lowest BCUT2D eigenvalue weighted by atomic mass is 10.1. The number of carbonyl (C=O) groups is 1. The van der Waals surface area contributed by atoms with Crippen LogP contribution in [0.5, 0.6) is 0 Å². The molecular weight excluding hydrogens is 320 g/mol. The van der Waals surface area contributed by atoms with Crippen molar-refractivity contribution in [1.82, 2.24) is 19.8 Å². The largest absolute Gasteiger partial charge is 0.350 e. The number of aromatic amines is 1. The lowest BCUT2D eigenvalue weighted by Crippen LogP contribution is -2.35. The SMILES string of the molecule is CCN(CC)Cc1ccccc1CNC(=O)Cn1ccc(=O)[nH]c1=O. The summed E-state index contributed by atoms with van der Waals surface area (Å²) in [6.45, 7) is 7.27. The molecule has 1 amide bonds. The zero-order chi connectivity index (χ0) is 18.2. The minimum Gasteiger partial charge on any atom is -0.350 e. The first kappa shape index (κ1) is 18.7. The fourth-order valence-electron chi connectivity index (χ4n) is 2.55. The molecule has 0 saturated heterocycles. The van der Waals surface area contributed by atoms with Crippen LogP contribution in [0.3, 0.4) is 0 Å². The highest BCUT2D eigenvalue weighted by Crippen LogP contribution is 2.11. The average molecular weight is 344 g/mol. The summed E-state index contributed by atoms with van der Waals surface area (Å²) in [6.07, 6.45) is 1.31. The maximum atomic E-state index is 12.1. The second-order valence-electron chi connectivity index (χ2n) is 5.74. The topological polar surface area (TPSA) is 87.2 Å². The predicted octanol–water partition coefficient (Wildman–Crippen LogP) is 0.695. The monoisotopic (exact) mass is 344 g/mol. The molecule has 0 bridgehead atoms. The first-order valence-electron chi connectivity index (χ1n) is 8.39. The van der Waals surface area contributed by atoms with Crippen LogP contribution in [-0.4, -0.2) is 33.4 Å². The van der Waals surface area contributed by atoms with Gasteiger partial charge in [-0.15, -0.1) is 0 Å². The highest BCUT2D eigenvalue weighted by molar-refractivity contribution is 5.75. The fourth-order valence-corrected chi connectivity index (χ4v) is 2.55. The second-order valence-corrected chi connectivity index (χ2v) is 5.74. The van der Waals surface area contributed by atoms with E-state index in [2.05, 4.69) is 35.1 Å². The van der Waals surface area contributed by atoms with Crippen LogP contribution in [0.15, 0.2) is 46.1 Å². The number of aromatic nitrogens is 2. The number of nitrogens with zero attached hydrogens (tertiary/aromatic N) is 2. The molecule has 0 aliphatic rings. The molecule has 0 atom stereocenters. The van der Waals surface area contributed by atoms with E-state index in [1.807, 2.05) is 18.2 Å². The molecule has 134 valence electrons. The van der Waals surface area contributed by atoms with Crippen molar-refractivity contribution in [2.75, 3.05) is 13.1 Å². The third kappa shape index (κ3) is 5.42. The predicted molar refractivity (Wildman–Crippen MR) is 96.2 cm³/mol. The van der Waals surface area contributed by atoms with Crippen LogP contribution >= 0.6 is 0 Å². The lowest BCUT2D eigenvalue weighted by molar-refractivity contribution is -0.121. The van der Waals surface area contributed by atoms with Crippen LogP contribution in [0.2, 0.25) is 0 Å². The molecule has 0 radical (unpaired) electrons. The molecule has 0 fully saturated rings. The molecule has 0 aliphatic carbocycles. The summed E-state index contributed by atoms with van der Waals surface area (Å²) in [6, 6.07) is 9.20. The van der Waals surface area contributed by atoms with Crippen LogP contribution in [0.4, 0.5) is 0 Å². The van der Waals surface area contributed by atoms with Gasteiger partial charge in [-0.3, -0.25) is 24.0 Å². The Balaban J connectivity index is 2.00. The van der Waals surface area contributed by atoms with Crippen molar-refractivity contribution in [1.29, 1.82) is 0 Å². The first-order chi connectivity index (χ1) is 12.0. The molecule has 2 aromatic rings. The first-order valence-corrected chi connectivity index (χ1v) is 8.39. The van der Waals surface area contributed by atoms with Gasteiger partial charge in [0, 0.05) is 25.4 Å². The van der Waals surface area contributed by atoms with Gasteiger partial charge in [-0.1, -0.05) is 38.1 Å². The van der Waals surface area contributed by atoms with Crippen molar-refractivity contribution < 1.29 is 4.79 Å². The molecule has 1 aromatic carbocycles. The van der Waals surface area contributed by atoms with Crippen molar-refractivity contribution in [3.8, 4) is 0 Å². The van der Waals surface area contributed by atoms with Gasteiger partial charge in [0.15, 0.2) is 0 Å². The second kappa shape index (κ2) is 8.98. The molecule has 1 heterocycles. The van der Waals surface area contributed by atoms with Crippen LogP contribution in [0, 0.1) is 0 Å². The van der Waals surface area contributed by atoms with E-state index in [0.717, 1.165) is 25.2 Å². The van der Waals surface area contributed by atoms with Gasteiger partial charge in [0.25, 0.3) is 5.56 Å². The molecule has 25 heavy (non-hydrogen) atoms. The van der Waals surface area contributed by atoms with Crippen LogP contribution in [0.25, 0.3) is 0 Å². The number of hydrogen-bond acceptors (Lipinski definition) is 4. The van der Waals surface area contributed by atoms with Gasteiger partial charge in [0.2, 0.25) is 5.91 Å². The molecule has 0 spiro atoms. The van der Waals surface area contributed by atoms with E-state index in [1.165, 1.54) is 22.4 Å². The van der Waals surface area contributed by atoms with Gasteiger partial charge in [-0.2, -0.15) is 0 Å². The summed E-state index contributed by atoms with van der Waals surface area (Å²) < 4.78 is 1.17. The molecule has 7 heteroatoms. The molecule has 2 rings (SSSR count). The molecule has 1 aromatic heterocycles. The summed E-state index contributed by atoms with van der Waals surface area (Å²) in [5, 5.41) is 2.83. The number of benzene rings is 1. The summed E-state index contributed by atoms with van der Waals surface area (Å²) in [4.78, 5) is 39.2. The summed E-state index contributed by atoms with van der Waals surface area (Å²) in [5.41, 5.74) is 1.15. The molecule has 0 aliphatic heterocycles. The Morgan fingerprint density at radius 2 is 1.80 bits per heavy atom. The maximum Gasteiger partial charge on any atom is 0.328 e. The standard InChI is InChI=1S/C18H24N4O3/c1-3-21(4-2)12-15-8-6-5-7-14(15)11-19-17(24)13-22-10-9-16(23)20-18(22)25/h5-10H,3-4,11-13H2,1-2H3,(H,19,24)(H,20,23,25). The van der Waals surface area contributed by atoms with E-state index < -0.39 is 11.2 Å². The van der Waals surface area contributed by atoms with Gasteiger partial charge in [0.05, 0.1) is 0 Å². The zero-order valence-corrected chi connectivity index (χ0v) is 14.6. The highest BCUT2D eigenvalue weighted by Gasteiger charge is 2.09. The van der Waals surface area contributed by atoms with Crippen LogP contribution in [0.1, 0.15) is 25.0 Å². The fraction of sp³-hybridized carbons (Fsp3) is 0.389. The minimum absolute atomic E-state index is 0.131. The number of H-pyrrole nitrogens is 1. The van der Waals surface area contributed by atoms with Gasteiger partial charge in [-0.25, -0.2) is 4.79 Å². The normalized spacial score (nSPS) is 10.8. The van der Waals surface area contributed by atoms with Gasteiger partial charge in [-0.05, 0) is 24.2 Å². The summed E-state index contributed by atoms with van der Waals surface area (Å²) >= 11 is 0. The number of amides is 1. The third-order valence-corrected chi connectivity index (χ3v) is 4.09. The van der Waals surface area contributed by atoms with E-state index in [1.54, 1.807) is 0 Å². The lowest BCUT2D eigenvalue weighted by Gasteiger charge is -2.20. The Hall–Kier alpha value is -2.67. The van der Waals surface area contributed by atoms with E-state index in [-0.39, 0.29) is 12.5 Å². The average Bonchev–Trinajstić information content (AvgIpc) is 2.61. The van der Waals surface area contributed by atoms with Gasteiger partial charge in [0.1, 0.15) is 6.54 Å². The zero-order valence-electron chi connectivity index (χ0n) is 14.6. The molecule has 7 nitrogen and oxygen atoms in total. The minimum atomic E-state index is -0.593. The third-order valence-electron chi connectivity index (χ3n) is 4.09.